The third-order valence-corrected chi connectivity index (χ3v) is 4.38. The van der Waals surface area contributed by atoms with E-state index in [2.05, 4.69) is 36.1 Å². The lowest BCUT2D eigenvalue weighted by Gasteiger charge is -2.12. The van der Waals surface area contributed by atoms with Gasteiger partial charge in [0.25, 0.3) is 0 Å². The van der Waals surface area contributed by atoms with E-state index in [-0.39, 0.29) is 11.7 Å². The van der Waals surface area contributed by atoms with Gasteiger partial charge in [0.15, 0.2) is 5.78 Å². The minimum atomic E-state index is 0.0311. The smallest absolute Gasteiger partial charge is 0.166 e. The van der Waals surface area contributed by atoms with Crippen molar-refractivity contribution in [3.05, 3.63) is 71.8 Å². The second kappa shape index (κ2) is 5.82. The van der Waals surface area contributed by atoms with Gasteiger partial charge >= 0.3 is 0 Å². The number of carbonyl (C=O) groups is 1. The lowest BCUT2D eigenvalue weighted by Crippen LogP contribution is -2.21. The molecule has 0 bridgehead atoms. The molecule has 21 heavy (non-hydrogen) atoms. The summed E-state index contributed by atoms with van der Waals surface area (Å²) in [6.07, 6.45) is 0. The highest BCUT2D eigenvalue weighted by molar-refractivity contribution is 5.97. The maximum atomic E-state index is 12.4. The summed E-state index contributed by atoms with van der Waals surface area (Å²) < 4.78 is 0. The van der Waals surface area contributed by atoms with Crippen LogP contribution in [0, 0.1) is 5.92 Å². The molecule has 0 N–H and O–H groups in total. The van der Waals surface area contributed by atoms with Crippen LogP contribution in [0.2, 0.25) is 0 Å². The molecule has 1 aliphatic heterocycles. The minimum absolute atomic E-state index is 0.0311. The molecule has 108 valence electrons. The van der Waals surface area contributed by atoms with Gasteiger partial charge in [-0.1, -0.05) is 67.6 Å². The van der Waals surface area contributed by atoms with Crippen molar-refractivity contribution in [2.75, 3.05) is 6.54 Å². The molecule has 3 rings (SSSR count). The lowest BCUT2D eigenvalue weighted by atomic mass is 9.99. The molecule has 0 aromatic heterocycles. The van der Waals surface area contributed by atoms with Crippen LogP contribution in [-0.4, -0.2) is 23.3 Å². The molecule has 0 spiro atoms. The van der Waals surface area contributed by atoms with Crippen molar-refractivity contribution in [3.63, 3.8) is 0 Å². The molecule has 0 radical (unpaired) electrons. The molecule has 4 unspecified atom stereocenters. The Labute approximate surface area is 126 Å². The number of hydrogen-bond donors (Lipinski definition) is 0. The van der Waals surface area contributed by atoms with Crippen molar-refractivity contribution in [2.45, 2.75) is 25.9 Å². The number of hydrogen-bond acceptors (Lipinski definition) is 2. The maximum absolute atomic E-state index is 12.4. The van der Waals surface area contributed by atoms with Crippen LogP contribution >= 0.6 is 0 Å². The molecule has 1 saturated heterocycles. The molecule has 4 atom stereocenters. The molecular formula is C19H21NO. The van der Waals surface area contributed by atoms with Crippen LogP contribution in [-0.2, 0) is 0 Å². The third-order valence-electron chi connectivity index (χ3n) is 4.38. The molecule has 2 aromatic rings. The number of benzene rings is 2. The fraction of sp³-hybridized carbons (Fsp3) is 0.316. The molecule has 2 aromatic carbocycles. The van der Waals surface area contributed by atoms with Crippen LogP contribution < -0.4 is 0 Å². The number of ketones is 1. The highest BCUT2D eigenvalue weighted by Gasteiger charge is 2.45. The first-order valence-electron chi connectivity index (χ1n) is 7.58. The number of carbonyl (C=O) groups excluding carboxylic acids is 1. The first kappa shape index (κ1) is 14.0. The van der Waals surface area contributed by atoms with Crippen LogP contribution in [0.4, 0.5) is 0 Å². The van der Waals surface area contributed by atoms with Gasteiger partial charge in [0.05, 0.1) is 6.04 Å². The lowest BCUT2D eigenvalue weighted by molar-refractivity contribution is 0.0917. The van der Waals surface area contributed by atoms with Crippen LogP contribution in [0.5, 0.6) is 0 Å². The van der Waals surface area contributed by atoms with Gasteiger partial charge in [-0.2, -0.15) is 0 Å². The highest BCUT2D eigenvalue weighted by atomic mass is 16.1. The quantitative estimate of drug-likeness (QED) is 0.610. The van der Waals surface area contributed by atoms with Gasteiger partial charge in [0.1, 0.15) is 0 Å². The topological polar surface area (TPSA) is 20.1 Å². The van der Waals surface area contributed by atoms with Crippen molar-refractivity contribution in [1.82, 2.24) is 4.90 Å². The molecule has 2 heteroatoms. The summed E-state index contributed by atoms with van der Waals surface area (Å²) in [5.41, 5.74) is 2.17. The van der Waals surface area contributed by atoms with Gasteiger partial charge in [-0.05, 0) is 12.5 Å². The Morgan fingerprint density at radius 3 is 2.24 bits per heavy atom. The maximum Gasteiger partial charge on any atom is 0.166 e. The van der Waals surface area contributed by atoms with Gasteiger partial charge in [0, 0.05) is 24.1 Å². The molecule has 0 aliphatic carbocycles. The number of rotatable bonds is 5. The van der Waals surface area contributed by atoms with Crippen LogP contribution in [0.25, 0.3) is 0 Å². The molecule has 0 saturated carbocycles. The van der Waals surface area contributed by atoms with E-state index in [1.807, 2.05) is 43.3 Å². The second-order valence-corrected chi connectivity index (χ2v) is 5.92. The second-order valence-electron chi connectivity index (χ2n) is 5.92. The summed E-state index contributed by atoms with van der Waals surface area (Å²) in [5.74, 6) is 0.269. The van der Waals surface area contributed by atoms with Gasteiger partial charge in [0.2, 0.25) is 0 Å². The van der Waals surface area contributed by atoms with E-state index in [0.717, 1.165) is 12.1 Å². The predicted molar refractivity (Wildman–Crippen MR) is 85.3 cm³/mol. The molecule has 2 nitrogen and oxygen atoms in total. The Hall–Kier alpha value is -1.93. The summed E-state index contributed by atoms with van der Waals surface area (Å²) in [6.45, 7) is 5.09. The number of nitrogens with zero attached hydrogens (tertiary/aromatic N) is 1. The van der Waals surface area contributed by atoms with Crippen LogP contribution in [0.15, 0.2) is 60.7 Å². The standard InChI is InChI=1S/C19H21NO/c1-14(19(21)17-11-7-4-8-12-17)13-20-15(2)18(20)16-9-5-3-6-10-16/h3-12,14-15,18H,13H2,1-2H3. The Morgan fingerprint density at radius 2 is 1.62 bits per heavy atom. The van der Waals surface area contributed by atoms with Crippen molar-refractivity contribution in [2.24, 2.45) is 5.92 Å². The Balaban J connectivity index is 1.64. The van der Waals surface area contributed by atoms with Crippen molar-refractivity contribution in [1.29, 1.82) is 0 Å². The van der Waals surface area contributed by atoms with E-state index in [1.165, 1.54) is 5.56 Å². The molecule has 1 heterocycles. The summed E-state index contributed by atoms with van der Waals surface area (Å²) in [6, 6.07) is 21.1. The average Bonchev–Trinajstić information content (AvgIpc) is 3.17. The highest BCUT2D eigenvalue weighted by Crippen LogP contribution is 2.43. The minimum Gasteiger partial charge on any atom is -0.294 e. The summed E-state index contributed by atoms with van der Waals surface area (Å²) >= 11 is 0. The average molecular weight is 279 g/mol. The van der Waals surface area contributed by atoms with Crippen molar-refractivity contribution >= 4 is 5.78 Å². The van der Waals surface area contributed by atoms with Crippen LogP contribution in [0.1, 0.15) is 35.8 Å². The van der Waals surface area contributed by atoms with Gasteiger partial charge < -0.3 is 0 Å². The zero-order chi connectivity index (χ0) is 14.8. The summed E-state index contributed by atoms with van der Waals surface area (Å²) in [5, 5.41) is 0. The van der Waals surface area contributed by atoms with E-state index in [0.29, 0.717) is 12.1 Å². The van der Waals surface area contributed by atoms with Gasteiger partial charge in [-0.25, -0.2) is 0 Å². The van der Waals surface area contributed by atoms with E-state index >= 15 is 0 Å². The Kier molecular flexibility index (Phi) is 3.89. The fourth-order valence-corrected chi connectivity index (χ4v) is 3.10. The SMILES string of the molecule is CC(CN1C(C)C1c1ccccc1)C(=O)c1ccccc1. The van der Waals surface area contributed by atoms with E-state index in [4.69, 9.17) is 0 Å². The monoisotopic (exact) mass is 279 g/mol. The normalized spacial score (nSPS) is 25.3. The van der Waals surface area contributed by atoms with Gasteiger partial charge in [-0.15, -0.1) is 0 Å². The van der Waals surface area contributed by atoms with E-state index in [9.17, 15) is 4.79 Å². The predicted octanol–water partition coefficient (Wildman–Crippen LogP) is 3.95. The zero-order valence-corrected chi connectivity index (χ0v) is 12.6. The first-order chi connectivity index (χ1) is 10.2. The van der Waals surface area contributed by atoms with Crippen LogP contribution in [0.3, 0.4) is 0 Å². The Morgan fingerprint density at radius 1 is 1.05 bits per heavy atom. The third kappa shape index (κ3) is 2.91. The zero-order valence-electron chi connectivity index (χ0n) is 12.6. The summed E-state index contributed by atoms with van der Waals surface area (Å²) in [4.78, 5) is 14.8. The molecule has 0 amide bonds. The molecular weight excluding hydrogens is 258 g/mol. The fourth-order valence-electron chi connectivity index (χ4n) is 3.10. The number of Topliss-reactive ketones (excluding diaryl/α,β-unsaturated/α-hetero) is 1. The van der Waals surface area contributed by atoms with Gasteiger partial charge in [-0.3, -0.25) is 9.69 Å². The van der Waals surface area contributed by atoms with Crippen molar-refractivity contribution < 1.29 is 4.79 Å². The largest absolute Gasteiger partial charge is 0.294 e. The molecule has 1 fully saturated rings. The summed E-state index contributed by atoms with van der Waals surface area (Å²) in [7, 11) is 0. The molecule has 1 aliphatic rings. The van der Waals surface area contributed by atoms with E-state index < -0.39 is 0 Å². The van der Waals surface area contributed by atoms with Crippen molar-refractivity contribution in [3.8, 4) is 0 Å². The van der Waals surface area contributed by atoms with E-state index in [1.54, 1.807) is 0 Å². The first-order valence-corrected chi connectivity index (χ1v) is 7.58. The Bertz CT molecular complexity index is 608.